The second kappa shape index (κ2) is 11.8. The van der Waals surface area contributed by atoms with E-state index in [0.29, 0.717) is 48.3 Å². The molecular formula is C29H29F2N5O4S. The van der Waals surface area contributed by atoms with Gasteiger partial charge in [-0.25, -0.2) is 27.2 Å². The fourth-order valence-electron chi connectivity index (χ4n) is 5.01. The summed E-state index contributed by atoms with van der Waals surface area (Å²) in [5, 5.41) is 14.6. The summed E-state index contributed by atoms with van der Waals surface area (Å²) in [6, 6.07) is 14.8. The van der Waals surface area contributed by atoms with Crippen molar-refractivity contribution in [1.29, 1.82) is 0 Å². The van der Waals surface area contributed by atoms with Gasteiger partial charge in [-0.2, -0.15) is 0 Å². The standard InChI is InChI=1S/C29H29F2N5O4S/c1-2-17-10-19(11-20-14-33-29(35-26(17)20)34-23-12-21(30)15-32-16-23)24-9-8-22(13-25(24)31)36-41(39,40)27(28(37)38)18-6-4-3-5-7-18/h3-11,13-14,21,23,27,32,36H,2,12,15-16H2,1H3,(H,37,38)(H,33,34,35)/t21-,23-,27?/m0/s1. The van der Waals surface area contributed by atoms with Crippen LogP contribution in [0.4, 0.5) is 20.4 Å². The molecule has 2 heterocycles. The molecule has 0 saturated carbocycles. The highest BCUT2D eigenvalue weighted by molar-refractivity contribution is 7.93. The highest BCUT2D eigenvalue weighted by atomic mass is 32.2. The van der Waals surface area contributed by atoms with E-state index in [1.165, 1.54) is 24.3 Å². The Morgan fingerprint density at radius 1 is 1.15 bits per heavy atom. The summed E-state index contributed by atoms with van der Waals surface area (Å²) in [7, 11) is -4.44. The first-order valence-corrected chi connectivity index (χ1v) is 14.7. The summed E-state index contributed by atoms with van der Waals surface area (Å²) in [6.45, 7) is 2.89. The molecule has 1 aromatic heterocycles. The van der Waals surface area contributed by atoms with Crippen molar-refractivity contribution < 1.29 is 27.1 Å². The predicted molar refractivity (Wildman–Crippen MR) is 153 cm³/mol. The van der Waals surface area contributed by atoms with Gasteiger partial charge in [0.2, 0.25) is 11.2 Å². The first-order valence-electron chi connectivity index (χ1n) is 13.1. The summed E-state index contributed by atoms with van der Waals surface area (Å²) < 4.78 is 57.2. The monoisotopic (exact) mass is 581 g/mol. The normalized spacial score (nSPS) is 18.1. The van der Waals surface area contributed by atoms with E-state index in [9.17, 15) is 22.7 Å². The molecule has 4 aromatic rings. The van der Waals surface area contributed by atoms with Crippen LogP contribution >= 0.6 is 0 Å². The average molecular weight is 582 g/mol. The van der Waals surface area contributed by atoms with Crippen LogP contribution in [0.25, 0.3) is 22.0 Å². The molecule has 1 saturated heterocycles. The van der Waals surface area contributed by atoms with Crippen molar-refractivity contribution in [3.05, 3.63) is 83.8 Å². The highest BCUT2D eigenvalue weighted by Crippen LogP contribution is 2.32. The topological polar surface area (TPSA) is 133 Å². The summed E-state index contributed by atoms with van der Waals surface area (Å²) in [4.78, 5) is 20.8. The molecule has 1 aliphatic heterocycles. The molecule has 0 bridgehead atoms. The van der Waals surface area contributed by atoms with Crippen LogP contribution < -0.4 is 15.4 Å². The smallest absolute Gasteiger partial charge is 0.328 e. The van der Waals surface area contributed by atoms with Gasteiger partial charge in [0.1, 0.15) is 12.0 Å². The molecular weight excluding hydrogens is 552 g/mol. The van der Waals surface area contributed by atoms with E-state index in [2.05, 4.69) is 25.3 Å². The zero-order chi connectivity index (χ0) is 29.1. The van der Waals surface area contributed by atoms with Crippen LogP contribution in [-0.2, 0) is 21.2 Å². The number of aliphatic carboxylic acids is 1. The molecule has 5 rings (SSSR count). The predicted octanol–water partition coefficient (Wildman–Crippen LogP) is 4.68. The second-order valence-electron chi connectivity index (χ2n) is 9.92. The Balaban J connectivity index is 1.41. The third kappa shape index (κ3) is 6.28. The number of rotatable bonds is 9. The molecule has 9 nitrogen and oxygen atoms in total. The van der Waals surface area contributed by atoms with Crippen LogP contribution in [0.15, 0.2) is 66.9 Å². The number of hydrogen-bond donors (Lipinski definition) is 4. The van der Waals surface area contributed by atoms with Crippen molar-refractivity contribution in [1.82, 2.24) is 15.3 Å². The van der Waals surface area contributed by atoms with E-state index in [4.69, 9.17) is 0 Å². The van der Waals surface area contributed by atoms with Crippen LogP contribution in [0, 0.1) is 5.82 Å². The van der Waals surface area contributed by atoms with E-state index < -0.39 is 33.2 Å². The number of nitrogens with one attached hydrogen (secondary N) is 3. The number of hydrogen-bond acceptors (Lipinski definition) is 7. The van der Waals surface area contributed by atoms with Crippen molar-refractivity contribution in [2.45, 2.75) is 37.2 Å². The number of sulfonamides is 1. The molecule has 41 heavy (non-hydrogen) atoms. The summed E-state index contributed by atoms with van der Waals surface area (Å²) in [6.07, 6.45) is 1.66. The molecule has 0 radical (unpaired) electrons. The Kier molecular flexibility index (Phi) is 8.13. The number of nitrogens with zero attached hydrogens (tertiary/aromatic N) is 2. The molecule has 0 spiro atoms. The van der Waals surface area contributed by atoms with Gasteiger partial charge in [-0.1, -0.05) is 37.3 Å². The Morgan fingerprint density at radius 3 is 2.61 bits per heavy atom. The van der Waals surface area contributed by atoms with Crippen LogP contribution in [-0.4, -0.2) is 54.8 Å². The molecule has 0 amide bonds. The number of aryl methyl sites for hydroxylation is 1. The molecule has 214 valence electrons. The van der Waals surface area contributed by atoms with Crippen molar-refractivity contribution >= 4 is 38.5 Å². The number of piperidine rings is 1. The lowest BCUT2D eigenvalue weighted by atomic mass is 9.98. The minimum Gasteiger partial charge on any atom is -0.480 e. The van der Waals surface area contributed by atoms with Crippen LogP contribution in [0.1, 0.15) is 29.7 Å². The third-order valence-electron chi connectivity index (χ3n) is 6.95. The zero-order valence-electron chi connectivity index (χ0n) is 22.1. The maximum atomic E-state index is 15.4. The first kappa shape index (κ1) is 28.4. The Morgan fingerprint density at radius 2 is 1.93 bits per heavy atom. The number of carboxylic acids is 1. The van der Waals surface area contributed by atoms with Gasteiger partial charge in [0.15, 0.2) is 0 Å². The molecule has 3 aromatic carbocycles. The minimum atomic E-state index is -4.44. The number of carboxylic acid groups (broad SMARTS) is 1. The Bertz CT molecular complexity index is 1690. The van der Waals surface area contributed by atoms with Gasteiger partial charge in [-0.05, 0) is 53.4 Å². The highest BCUT2D eigenvalue weighted by Gasteiger charge is 2.34. The Hall–Kier alpha value is -4.16. The van der Waals surface area contributed by atoms with Crippen LogP contribution in [0.3, 0.4) is 0 Å². The van der Waals surface area contributed by atoms with Gasteiger partial charge >= 0.3 is 5.97 Å². The van der Waals surface area contributed by atoms with Crippen molar-refractivity contribution in [2.75, 3.05) is 23.1 Å². The van der Waals surface area contributed by atoms with Crippen LogP contribution in [0.5, 0.6) is 0 Å². The lowest BCUT2D eigenvalue weighted by Crippen LogP contribution is -2.44. The number of carbonyl (C=O) groups is 1. The second-order valence-corrected chi connectivity index (χ2v) is 11.7. The SMILES string of the molecule is CCc1cc(-c2ccc(NS(=O)(=O)C(C(=O)O)c3ccccc3)cc2F)cc2cnc(N[C@@H]3CNC[C@@H](F)C3)nc12. The number of halogens is 2. The number of alkyl halides is 1. The largest absolute Gasteiger partial charge is 0.480 e. The lowest BCUT2D eigenvalue weighted by molar-refractivity contribution is -0.136. The minimum absolute atomic E-state index is 0.0791. The van der Waals surface area contributed by atoms with E-state index >= 15 is 4.39 Å². The number of benzene rings is 3. The van der Waals surface area contributed by atoms with Gasteiger partial charge in [-0.3, -0.25) is 9.52 Å². The van der Waals surface area contributed by atoms with Crippen molar-refractivity contribution in [3.63, 3.8) is 0 Å². The van der Waals surface area contributed by atoms with Crippen molar-refractivity contribution in [2.24, 2.45) is 0 Å². The molecule has 12 heteroatoms. The van der Waals surface area contributed by atoms with Gasteiger partial charge in [-0.15, -0.1) is 0 Å². The molecule has 1 fully saturated rings. The molecule has 1 unspecified atom stereocenters. The van der Waals surface area contributed by atoms with Gasteiger partial charge in [0.25, 0.3) is 10.0 Å². The summed E-state index contributed by atoms with van der Waals surface area (Å²) in [5.74, 6) is -1.85. The third-order valence-corrected chi connectivity index (χ3v) is 8.56. The van der Waals surface area contributed by atoms with E-state index in [-0.39, 0.29) is 22.9 Å². The molecule has 4 N–H and O–H groups in total. The van der Waals surface area contributed by atoms with Gasteiger partial charge < -0.3 is 15.7 Å². The van der Waals surface area contributed by atoms with E-state index in [1.807, 2.05) is 13.0 Å². The molecule has 1 aliphatic rings. The lowest BCUT2D eigenvalue weighted by Gasteiger charge is -2.26. The number of anilines is 2. The fourth-order valence-corrected chi connectivity index (χ4v) is 6.37. The fraction of sp³-hybridized carbons (Fsp3) is 0.276. The quantitative estimate of drug-likeness (QED) is 0.224. The zero-order valence-corrected chi connectivity index (χ0v) is 23.0. The maximum absolute atomic E-state index is 15.4. The summed E-state index contributed by atoms with van der Waals surface area (Å²) >= 11 is 0. The van der Waals surface area contributed by atoms with Gasteiger partial charge in [0.05, 0.1) is 11.2 Å². The number of fused-ring (bicyclic) bond motifs is 1. The van der Waals surface area contributed by atoms with E-state index in [1.54, 1.807) is 30.5 Å². The average Bonchev–Trinajstić information content (AvgIpc) is 2.92. The van der Waals surface area contributed by atoms with Crippen LogP contribution in [0.2, 0.25) is 0 Å². The summed E-state index contributed by atoms with van der Waals surface area (Å²) in [5.41, 5.74) is 2.30. The van der Waals surface area contributed by atoms with E-state index in [0.717, 1.165) is 11.6 Å². The number of aromatic nitrogens is 2. The Labute approximate surface area is 236 Å². The first-order chi connectivity index (χ1) is 19.6. The molecule has 0 aliphatic carbocycles. The molecule has 3 atom stereocenters. The van der Waals surface area contributed by atoms with Gasteiger partial charge in [0, 0.05) is 42.7 Å². The maximum Gasteiger partial charge on any atom is 0.328 e. The van der Waals surface area contributed by atoms with Crippen molar-refractivity contribution in [3.8, 4) is 11.1 Å².